The highest BCUT2D eigenvalue weighted by Gasteiger charge is 2.10. The number of aromatic nitrogens is 2. The molecule has 1 aromatic heterocycles. The molecule has 17 heavy (non-hydrogen) atoms. The Morgan fingerprint density at radius 2 is 2.00 bits per heavy atom. The molecule has 1 rings (SSSR count). The van der Waals surface area contributed by atoms with Crippen LogP contribution in [0.5, 0.6) is 5.88 Å². The first kappa shape index (κ1) is 13.7. The van der Waals surface area contributed by atoms with Gasteiger partial charge in [0.05, 0.1) is 12.2 Å². The van der Waals surface area contributed by atoms with Crippen LogP contribution in [0, 0.1) is 19.8 Å². The third-order valence-electron chi connectivity index (χ3n) is 2.74. The first-order chi connectivity index (χ1) is 8.08. The zero-order chi connectivity index (χ0) is 12.8. The van der Waals surface area contributed by atoms with Crippen LogP contribution in [0.15, 0.2) is 0 Å². The maximum Gasteiger partial charge on any atom is 0.221 e. The Labute approximate surface area is 104 Å². The Balaban J connectivity index is 2.73. The molecule has 0 saturated heterocycles. The van der Waals surface area contributed by atoms with Crippen LogP contribution in [0.4, 0.5) is 5.82 Å². The van der Waals surface area contributed by atoms with Crippen molar-refractivity contribution in [1.82, 2.24) is 9.97 Å². The van der Waals surface area contributed by atoms with Crippen LogP contribution in [-0.2, 0) is 0 Å². The standard InChI is InChI=1S/C13H23N3O/c1-6-7-9(2)8-17-13-10(3)12(14-5)15-11(4)16-13/h9H,6-8H2,1-5H3,(H,14,15,16). The van der Waals surface area contributed by atoms with E-state index in [0.29, 0.717) is 18.4 Å². The minimum Gasteiger partial charge on any atom is -0.477 e. The van der Waals surface area contributed by atoms with E-state index in [-0.39, 0.29) is 0 Å². The largest absolute Gasteiger partial charge is 0.477 e. The number of nitrogens with zero attached hydrogens (tertiary/aromatic N) is 2. The van der Waals surface area contributed by atoms with Crippen LogP contribution in [0.3, 0.4) is 0 Å². The van der Waals surface area contributed by atoms with Crippen molar-refractivity contribution in [2.24, 2.45) is 5.92 Å². The number of ether oxygens (including phenoxy) is 1. The molecule has 0 radical (unpaired) electrons. The summed E-state index contributed by atoms with van der Waals surface area (Å²) < 4.78 is 5.78. The second-order valence-electron chi connectivity index (χ2n) is 4.50. The summed E-state index contributed by atoms with van der Waals surface area (Å²) in [6, 6.07) is 0. The van der Waals surface area contributed by atoms with Gasteiger partial charge in [0.25, 0.3) is 0 Å². The number of rotatable bonds is 6. The van der Waals surface area contributed by atoms with Crippen LogP contribution in [-0.4, -0.2) is 23.6 Å². The van der Waals surface area contributed by atoms with Crippen molar-refractivity contribution < 1.29 is 4.74 Å². The molecule has 1 unspecified atom stereocenters. The zero-order valence-corrected chi connectivity index (χ0v) is 11.5. The Hall–Kier alpha value is -1.32. The van der Waals surface area contributed by atoms with Gasteiger partial charge in [-0.3, -0.25) is 0 Å². The SMILES string of the molecule is CCCC(C)COc1nc(C)nc(NC)c1C. The van der Waals surface area contributed by atoms with Crippen LogP contribution in [0.2, 0.25) is 0 Å². The molecule has 0 bridgehead atoms. The first-order valence-electron chi connectivity index (χ1n) is 6.24. The summed E-state index contributed by atoms with van der Waals surface area (Å²) >= 11 is 0. The van der Waals surface area contributed by atoms with E-state index in [0.717, 1.165) is 17.2 Å². The van der Waals surface area contributed by atoms with E-state index < -0.39 is 0 Å². The van der Waals surface area contributed by atoms with Gasteiger partial charge in [-0.25, -0.2) is 4.98 Å². The molecular formula is C13H23N3O. The molecule has 0 spiro atoms. The van der Waals surface area contributed by atoms with Gasteiger partial charge in [-0.05, 0) is 26.2 Å². The van der Waals surface area contributed by atoms with Gasteiger partial charge < -0.3 is 10.1 Å². The number of hydrogen-bond donors (Lipinski definition) is 1. The molecule has 0 aliphatic carbocycles. The van der Waals surface area contributed by atoms with Crippen molar-refractivity contribution in [1.29, 1.82) is 0 Å². The topological polar surface area (TPSA) is 47.0 Å². The molecule has 0 aliphatic rings. The van der Waals surface area contributed by atoms with Crippen molar-refractivity contribution in [3.8, 4) is 5.88 Å². The minimum absolute atomic E-state index is 0.563. The second kappa shape index (κ2) is 6.42. The summed E-state index contributed by atoms with van der Waals surface area (Å²) in [7, 11) is 1.86. The average Bonchev–Trinajstić information content (AvgIpc) is 2.30. The summed E-state index contributed by atoms with van der Waals surface area (Å²) in [5.74, 6) is 2.84. The molecule has 4 heteroatoms. The fourth-order valence-electron chi connectivity index (χ4n) is 1.78. The van der Waals surface area contributed by atoms with E-state index in [1.807, 2.05) is 20.9 Å². The van der Waals surface area contributed by atoms with Gasteiger partial charge in [-0.1, -0.05) is 20.3 Å². The molecular weight excluding hydrogens is 214 g/mol. The van der Waals surface area contributed by atoms with Gasteiger partial charge in [-0.15, -0.1) is 0 Å². The molecule has 1 aromatic rings. The van der Waals surface area contributed by atoms with E-state index in [9.17, 15) is 0 Å². The lowest BCUT2D eigenvalue weighted by Gasteiger charge is -2.14. The van der Waals surface area contributed by atoms with Gasteiger partial charge in [-0.2, -0.15) is 4.98 Å². The maximum absolute atomic E-state index is 5.78. The summed E-state index contributed by atoms with van der Waals surface area (Å²) in [4.78, 5) is 8.65. The number of aryl methyl sites for hydroxylation is 1. The molecule has 0 saturated carbocycles. The summed E-state index contributed by atoms with van der Waals surface area (Å²) in [6.45, 7) is 8.96. The van der Waals surface area contributed by atoms with Crippen LogP contribution < -0.4 is 10.1 Å². The monoisotopic (exact) mass is 237 g/mol. The van der Waals surface area contributed by atoms with Crippen LogP contribution in [0.25, 0.3) is 0 Å². The summed E-state index contributed by atoms with van der Waals surface area (Å²) in [5.41, 5.74) is 0.974. The van der Waals surface area contributed by atoms with E-state index in [4.69, 9.17) is 4.74 Å². The molecule has 96 valence electrons. The molecule has 0 fully saturated rings. The van der Waals surface area contributed by atoms with Crippen molar-refractivity contribution in [2.45, 2.75) is 40.5 Å². The first-order valence-corrected chi connectivity index (χ1v) is 6.24. The Morgan fingerprint density at radius 1 is 1.29 bits per heavy atom. The van der Waals surface area contributed by atoms with Crippen LogP contribution in [0.1, 0.15) is 38.1 Å². The molecule has 1 N–H and O–H groups in total. The van der Waals surface area contributed by atoms with Crippen molar-refractivity contribution in [3.63, 3.8) is 0 Å². The number of anilines is 1. The average molecular weight is 237 g/mol. The molecule has 0 aliphatic heterocycles. The summed E-state index contributed by atoms with van der Waals surface area (Å²) in [6.07, 6.45) is 2.37. The predicted octanol–water partition coefficient (Wildman–Crippen LogP) is 2.95. The highest BCUT2D eigenvalue weighted by molar-refractivity contribution is 5.47. The third kappa shape index (κ3) is 3.88. The lowest BCUT2D eigenvalue weighted by atomic mass is 10.1. The lowest BCUT2D eigenvalue weighted by molar-refractivity contribution is 0.241. The highest BCUT2D eigenvalue weighted by atomic mass is 16.5. The Morgan fingerprint density at radius 3 is 2.59 bits per heavy atom. The fraction of sp³-hybridized carbons (Fsp3) is 0.692. The zero-order valence-electron chi connectivity index (χ0n) is 11.5. The van der Waals surface area contributed by atoms with Gasteiger partial charge in [0.2, 0.25) is 5.88 Å². The number of hydrogen-bond acceptors (Lipinski definition) is 4. The van der Waals surface area contributed by atoms with Gasteiger partial charge in [0.15, 0.2) is 0 Å². The summed E-state index contributed by atoms with van der Waals surface area (Å²) in [5, 5.41) is 3.06. The number of nitrogens with one attached hydrogen (secondary N) is 1. The molecule has 4 nitrogen and oxygen atoms in total. The van der Waals surface area contributed by atoms with E-state index >= 15 is 0 Å². The molecule has 1 atom stereocenters. The molecule has 1 heterocycles. The molecule has 0 amide bonds. The van der Waals surface area contributed by atoms with Crippen molar-refractivity contribution in [2.75, 3.05) is 19.0 Å². The smallest absolute Gasteiger partial charge is 0.221 e. The van der Waals surface area contributed by atoms with Crippen molar-refractivity contribution in [3.05, 3.63) is 11.4 Å². The minimum atomic E-state index is 0.563. The Kier molecular flexibility index (Phi) is 5.19. The highest BCUT2D eigenvalue weighted by Crippen LogP contribution is 2.22. The van der Waals surface area contributed by atoms with E-state index in [1.54, 1.807) is 0 Å². The fourth-order valence-corrected chi connectivity index (χ4v) is 1.78. The maximum atomic E-state index is 5.78. The Bertz CT molecular complexity index is 366. The molecule has 0 aromatic carbocycles. The van der Waals surface area contributed by atoms with Gasteiger partial charge in [0, 0.05) is 7.05 Å². The third-order valence-corrected chi connectivity index (χ3v) is 2.74. The van der Waals surface area contributed by atoms with Crippen molar-refractivity contribution >= 4 is 5.82 Å². The lowest BCUT2D eigenvalue weighted by Crippen LogP contribution is -2.11. The quantitative estimate of drug-likeness (QED) is 0.826. The second-order valence-corrected chi connectivity index (χ2v) is 4.50. The van der Waals surface area contributed by atoms with E-state index in [2.05, 4.69) is 29.1 Å². The van der Waals surface area contributed by atoms with Gasteiger partial charge >= 0.3 is 0 Å². The van der Waals surface area contributed by atoms with E-state index in [1.165, 1.54) is 12.8 Å². The van der Waals surface area contributed by atoms with Crippen LogP contribution >= 0.6 is 0 Å². The normalized spacial score (nSPS) is 12.3. The van der Waals surface area contributed by atoms with Gasteiger partial charge in [0.1, 0.15) is 11.6 Å². The predicted molar refractivity (Wildman–Crippen MR) is 70.6 cm³/mol.